The van der Waals surface area contributed by atoms with Crippen molar-refractivity contribution < 1.29 is 14.5 Å². The second-order valence-electron chi connectivity index (χ2n) is 6.50. The number of carbonyl (C=O) groups is 2. The van der Waals surface area contributed by atoms with Gasteiger partial charge in [-0.15, -0.1) is 0 Å². The highest BCUT2D eigenvalue weighted by atomic mass is 79.9. The number of carbonyl (C=O) groups excluding carboxylic acids is 2. The number of piperazine rings is 1. The van der Waals surface area contributed by atoms with E-state index in [1.165, 1.54) is 4.90 Å². The van der Waals surface area contributed by atoms with Gasteiger partial charge in [0.25, 0.3) is 5.91 Å². The smallest absolute Gasteiger partial charge is 0.292 e. The van der Waals surface area contributed by atoms with Crippen LogP contribution < -0.4 is 14.7 Å². The van der Waals surface area contributed by atoms with E-state index in [1.807, 2.05) is 12.1 Å². The average molecular weight is 417 g/mol. The van der Waals surface area contributed by atoms with Crippen LogP contribution in [-0.4, -0.2) is 54.0 Å². The molecule has 4 rings (SSSR count). The zero-order chi connectivity index (χ0) is 18.1. The highest BCUT2D eigenvalue weighted by Crippen LogP contribution is 2.25. The molecule has 0 radical (unpaired) electrons. The number of rotatable bonds is 3. The lowest BCUT2D eigenvalue weighted by atomic mass is 10.2. The van der Waals surface area contributed by atoms with Gasteiger partial charge in [-0.25, -0.2) is 14.9 Å². The minimum absolute atomic E-state index is 0.104. The fourth-order valence-electron chi connectivity index (χ4n) is 3.63. The number of hydrogen-bond acceptors (Lipinski definition) is 5. The van der Waals surface area contributed by atoms with Gasteiger partial charge in [-0.3, -0.25) is 9.59 Å². The predicted octanol–water partition coefficient (Wildman–Crippen LogP) is 0.276. The van der Waals surface area contributed by atoms with E-state index in [9.17, 15) is 9.59 Å². The molecule has 1 atom stereocenters. The van der Waals surface area contributed by atoms with Gasteiger partial charge in [0.1, 0.15) is 0 Å². The van der Waals surface area contributed by atoms with E-state index in [0.717, 1.165) is 41.5 Å². The molecule has 1 aromatic heterocycles. The lowest BCUT2D eigenvalue weighted by molar-refractivity contribution is -0.915. The molecule has 0 bridgehead atoms. The van der Waals surface area contributed by atoms with Crippen molar-refractivity contribution in [1.29, 1.82) is 0 Å². The van der Waals surface area contributed by atoms with Crippen LogP contribution in [0.3, 0.4) is 0 Å². The van der Waals surface area contributed by atoms with E-state index in [0.29, 0.717) is 5.69 Å². The summed E-state index contributed by atoms with van der Waals surface area (Å²) in [6.07, 6.45) is 3.73. The third-order valence-electron chi connectivity index (χ3n) is 4.95. The van der Waals surface area contributed by atoms with Gasteiger partial charge in [0.2, 0.25) is 11.9 Å². The number of nitrogens with one attached hydrogen (secondary N) is 1. The Kier molecular flexibility index (Phi) is 4.69. The minimum Gasteiger partial charge on any atom is -0.330 e. The summed E-state index contributed by atoms with van der Waals surface area (Å²) in [6.45, 7) is 3.12. The van der Waals surface area contributed by atoms with E-state index in [1.54, 1.807) is 30.6 Å². The van der Waals surface area contributed by atoms with Crippen molar-refractivity contribution >= 4 is 39.4 Å². The summed E-state index contributed by atoms with van der Waals surface area (Å²) in [5, 5.41) is 0. The lowest BCUT2D eigenvalue weighted by Crippen LogP contribution is -3.19. The van der Waals surface area contributed by atoms with Crippen molar-refractivity contribution in [3.63, 3.8) is 0 Å². The molecule has 1 N–H and O–H groups in total. The molecule has 2 amide bonds. The van der Waals surface area contributed by atoms with Gasteiger partial charge in [0, 0.05) is 16.9 Å². The standard InChI is InChI=1S/C18H18BrN5O2/c19-13-3-1-4-14(11-13)24-16(25)12-15(17(24)26)22-7-9-23(10-8-22)18-20-5-2-6-21-18/h1-6,11,15H,7-10,12H2/p+1/t15-/m1/s1. The van der Waals surface area contributed by atoms with Crippen LogP contribution in [0.5, 0.6) is 0 Å². The number of amides is 2. The molecular formula is C18H19BrN5O2+. The number of hydrogen-bond donors (Lipinski definition) is 1. The molecular weight excluding hydrogens is 398 g/mol. The Morgan fingerprint density at radius 2 is 1.81 bits per heavy atom. The number of benzene rings is 1. The van der Waals surface area contributed by atoms with Crippen LogP contribution in [0, 0.1) is 0 Å². The summed E-state index contributed by atoms with van der Waals surface area (Å²) in [6, 6.07) is 8.80. The first-order valence-electron chi connectivity index (χ1n) is 8.62. The van der Waals surface area contributed by atoms with Crippen molar-refractivity contribution in [3.05, 3.63) is 47.2 Å². The number of anilines is 2. The summed E-state index contributed by atoms with van der Waals surface area (Å²) >= 11 is 3.40. The molecule has 0 unspecified atom stereocenters. The molecule has 2 aromatic rings. The normalized spacial score (nSPS) is 21.5. The molecule has 3 heterocycles. The van der Waals surface area contributed by atoms with Crippen LogP contribution >= 0.6 is 15.9 Å². The van der Waals surface area contributed by atoms with Gasteiger partial charge >= 0.3 is 0 Å². The highest BCUT2D eigenvalue weighted by molar-refractivity contribution is 9.10. The van der Waals surface area contributed by atoms with Crippen molar-refractivity contribution in [1.82, 2.24) is 9.97 Å². The Labute approximate surface area is 159 Å². The van der Waals surface area contributed by atoms with E-state index < -0.39 is 0 Å². The summed E-state index contributed by atoms with van der Waals surface area (Å²) < 4.78 is 0.850. The maximum Gasteiger partial charge on any atom is 0.292 e. The third kappa shape index (κ3) is 3.22. The Hall–Kier alpha value is -2.32. The fraction of sp³-hybridized carbons (Fsp3) is 0.333. The minimum atomic E-state index is -0.305. The van der Waals surface area contributed by atoms with Crippen LogP contribution in [0.15, 0.2) is 47.2 Å². The molecule has 2 saturated heterocycles. The first kappa shape index (κ1) is 17.1. The number of halogens is 1. The molecule has 1 aromatic carbocycles. The van der Waals surface area contributed by atoms with Crippen molar-refractivity contribution in [3.8, 4) is 0 Å². The summed E-state index contributed by atoms with van der Waals surface area (Å²) in [4.78, 5) is 38.6. The van der Waals surface area contributed by atoms with Crippen LogP contribution in [-0.2, 0) is 9.59 Å². The van der Waals surface area contributed by atoms with Gasteiger partial charge in [0.05, 0.1) is 38.3 Å². The van der Waals surface area contributed by atoms with Crippen molar-refractivity contribution in [2.45, 2.75) is 12.5 Å². The molecule has 2 fully saturated rings. The molecule has 7 nitrogen and oxygen atoms in total. The van der Waals surface area contributed by atoms with Crippen LogP contribution in [0.2, 0.25) is 0 Å². The van der Waals surface area contributed by atoms with E-state index in [4.69, 9.17) is 0 Å². The van der Waals surface area contributed by atoms with E-state index >= 15 is 0 Å². The first-order valence-corrected chi connectivity index (χ1v) is 9.42. The largest absolute Gasteiger partial charge is 0.330 e. The summed E-state index contributed by atoms with van der Waals surface area (Å²) in [5.41, 5.74) is 0.632. The highest BCUT2D eigenvalue weighted by Gasteiger charge is 2.46. The molecule has 0 saturated carbocycles. The molecule has 0 spiro atoms. The van der Waals surface area contributed by atoms with Crippen LogP contribution in [0.1, 0.15) is 6.42 Å². The maximum absolute atomic E-state index is 12.9. The SMILES string of the molecule is O=C1C[C@@H]([NH+]2CCN(c3ncccn3)CC2)C(=O)N1c1cccc(Br)c1. The average Bonchev–Trinajstić information content (AvgIpc) is 2.97. The first-order chi connectivity index (χ1) is 12.6. The summed E-state index contributed by atoms with van der Waals surface area (Å²) in [7, 11) is 0. The maximum atomic E-state index is 12.9. The second-order valence-corrected chi connectivity index (χ2v) is 7.41. The topological polar surface area (TPSA) is 70.8 Å². The Morgan fingerprint density at radius 3 is 2.50 bits per heavy atom. The molecule has 2 aliphatic rings. The van der Waals surface area contributed by atoms with E-state index in [2.05, 4.69) is 30.8 Å². The third-order valence-corrected chi connectivity index (χ3v) is 5.44. The number of imide groups is 1. The zero-order valence-electron chi connectivity index (χ0n) is 14.1. The van der Waals surface area contributed by atoms with Crippen molar-refractivity contribution in [2.24, 2.45) is 0 Å². The Balaban J connectivity index is 1.45. The van der Waals surface area contributed by atoms with Gasteiger partial charge in [-0.1, -0.05) is 22.0 Å². The van der Waals surface area contributed by atoms with E-state index in [-0.39, 0.29) is 24.3 Å². The number of aromatic nitrogens is 2. The summed E-state index contributed by atoms with van der Waals surface area (Å²) in [5.74, 6) is 0.489. The predicted molar refractivity (Wildman–Crippen MR) is 100.0 cm³/mol. The van der Waals surface area contributed by atoms with Gasteiger partial charge in [0.15, 0.2) is 6.04 Å². The quantitative estimate of drug-likeness (QED) is 0.727. The monoisotopic (exact) mass is 416 g/mol. The Morgan fingerprint density at radius 1 is 1.08 bits per heavy atom. The molecule has 8 heteroatoms. The van der Waals surface area contributed by atoms with Crippen LogP contribution in [0.4, 0.5) is 11.6 Å². The number of quaternary nitrogens is 1. The zero-order valence-corrected chi connectivity index (χ0v) is 15.7. The fourth-order valence-corrected chi connectivity index (χ4v) is 4.02. The molecule has 26 heavy (non-hydrogen) atoms. The van der Waals surface area contributed by atoms with Gasteiger partial charge in [-0.05, 0) is 24.3 Å². The van der Waals surface area contributed by atoms with Crippen LogP contribution in [0.25, 0.3) is 0 Å². The molecule has 134 valence electrons. The second kappa shape index (κ2) is 7.13. The molecule has 0 aliphatic carbocycles. The van der Waals surface area contributed by atoms with Gasteiger partial charge < -0.3 is 9.80 Å². The van der Waals surface area contributed by atoms with Gasteiger partial charge in [-0.2, -0.15) is 0 Å². The lowest BCUT2D eigenvalue weighted by Gasteiger charge is -2.34. The molecule has 2 aliphatic heterocycles. The number of nitrogens with zero attached hydrogens (tertiary/aromatic N) is 4. The Bertz CT molecular complexity index is 823. The van der Waals surface area contributed by atoms with Crippen molar-refractivity contribution in [2.75, 3.05) is 36.0 Å².